The molecule has 0 atom stereocenters. The van der Waals surface area contributed by atoms with Crippen LogP contribution < -0.4 is 5.43 Å². The molecule has 4 nitrogen and oxygen atoms in total. The summed E-state index contributed by atoms with van der Waals surface area (Å²) in [5.41, 5.74) is 4.90. The summed E-state index contributed by atoms with van der Waals surface area (Å²) in [4.78, 5) is 25.3. The molecule has 126 valence electrons. The molecule has 0 spiro atoms. The summed E-state index contributed by atoms with van der Waals surface area (Å²) in [6.07, 6.45) is 1.72. The molecule has 0 unspecified atom stereocenters. The van der Waals surface area contributed by atoms with Crippen LogP contribution in [0, 0.1) is 6.92 Å². The molecule has 2 amide bonds. The van der Waals surface area contributed by atoms with Crippen LogP contribution in [0.2, 0.25) is 5.02 Å². The first-order valence-electron chi connectivity index (χ1n) is 7.35. The fourth-order valence-electron chi connectivity index (χ4n) is 2.15. The van der Waals surface area contributed by atoms with Crippen LogP contribution >= 0.6 is 35.6 Å². The molecule has 7 heteroatoms. The minimum atomic E-state index is -0.385. The second kappa shape index (κ2) is 7.39. The molecule has 2 aromatic carbocycles. The number of nitrogens with one attached hydrogen (secondary N) is 1. The van der Waals surface area contributed by atoms with Gasteiger partial charge in [0, 0.05) is 10.6 Å². The average molecular weight is 389 g/mol. The standard InChI is InChI=1S/C18H13ClN2O2S2/c1-11-2-6-13(7-3-11)16(22)20-21-17(23)15(25-18(21)24)10-12-4-8-14(19)9-5-12/h2-10H,1H3,(H,20,22). The van der Waals surface area contributed by atoms with E-state index in [-0.39, 0.29) is 16.1 Å². The van der Waals surface area contributed by atoms with E-state index < -0.39 is 0 Å². The smallest absolute Gasteiger partial charge is 0.267 e. The monoisotopic (exact) mass is 388 g/mol. The summed E-state index contributed by atoms with van der Waals surface area (Å²) in [6.45, 7) is 1.94. The lowest BCUT2D eigenvalue weighted by Crippen LogP contribution is -2.44. The van der Waals surface area contributed by atoms with Crippen LogP contribution in [0.15, 0.2) is 53.4 Å². The molecular weight excluding hydrogens is 376 g/mol. The number of thioether (sulfide) groups is 1. The molecule has 0 aliphatic carbocycles. The Morgan fingerprint density at radius 1 is 1.16 bits per heavy atom. The Kier molecular flexibility index (Phi) is 5.22. The van der Waals surface area contributed by atoms with Gasteiger partial charge in [0.15, 0.2) is 4.32 Å². The first kappa shape index (κ1) is 17.7. The Labute approximate surface area is 159 Å². The highest BCUT2D eigenvalue weighted by Gasteiger charge is 2.33. The second-order valence-electron chi connectivity index (χ2n) is 5.38. The van der Waals surface area contributed by atoms with Gasteiger partial charge in [0.05, 0.1) is 4.91 Å². The summed E-state index contributed by atoms with van der Waals surface area (Å²) >= 11 is 12.2. The molecule has 0 aromatic heterocycles. The summed E-state index contributed by atoms with van der Waals surface area (Å²) in [5.74, 6) is -0.741. The third-order valence-electron chi connectivity index (χ3n) is 3.49. The van der Waals surface area contributed by atoms with Gasteiger partial charge in [0.1, 0.15) is 0 Å². The number of hydrogen-bond acceptors (Lipinski definition) is 4. The van der Waals surface area contributed by atoms with Gasteiger partial charge in [-0.05, 0) is 55.0 Å². The number of halogens is 1. The minimum absolute atomic E-state index is 0.283. The van der Waals surface area contributed by atoms with Gasteiger partial charge in [-0.15, -0.1) is 0 Å². The highest BCUT2D eigenvalue weighted by Crippen LogP contribution is 2.31. The molecule has 1 heterocycles. The lowest BCUT2D eigenvalue weighted by Gasteiger charge is -2.15. The first-order valence-corrected chi connectivity index (χ1v) is 8.95. The minimum Gasteiger partial charge on any atom is -0.267 e. The van der Waals surface area contributed by atoms with Gasteiger partial charge < -0.3 is 0 Å². The van der Waals surface area contributed by atoms with Crippen molar-refractivity contribution in [2.24, 2.45) is 0 Å². The van der Waals surface area contributed by atoms with E-state index in [1.54, 1.807) is 42.5 Å². The molecule has 1 saturated heterocycles. The van der Waals surface area contributed by atoms with Crippen LogP contribution in [0.1, 0.15) is 21.5 Å². The van der Waals surface area contributed by atoms with Crippen LogP contribution in [-0.4, -0.2) is 21.1 Å². The van der Waals surface area contributed by atoms with E-state index in [1.807, 2.05) is 19.1 Å². The highest BCUT2D eigenvalue weighted by atomic mass is 35.5. The molecule has 1 aliphatic heterocycles. The molecule has 3 rings (SSSR count). The Morgan fingerprint density at radius 2 is 1.80 bits per heavy atom. The van der Waals surface area contributed by atoms with Crippen molar-refractivity contribution >= 4 is 57.8 Å². The van der Waals surface area contributed by atoms with Crippen molar-refractivity contribution in [1.29, 1.82) is 0 Å². The van der Waals surface area contributed by atoms with Crippen LogP contribution in [0.4, 0.5) is 0 Å². The number of hydrazine groups is 1. The molecule has 25 heavy (non-hydrogen) atoms. The summed E-state index contributed by atoms with van der Waals surface area (Å²) in [5, 5.41) is 1.72. The van der Waals surface area contributed by atoms with E-state index in [4.69, 9.17) is 23.8 Å². The maximum atomic E-state index is 12.5. The lowest BCUT2D eigenvalue weighted by molar-refractivity contribution is -0.123. The number of hydrogen-bond donors (Lipinski definition) is 1. The number of amides is 2. The summed E-state index contributed by atoms with van der Waals surface area (Å²) < 4.78 is 0.283. The van der Waals surface area contributed by atoms with E-state index in [0.29, 0.717) is 15.5 Å². The van der Waals surface area contributed by atoms with E-state index in [0.717, 1.165) is 27.9 Å². The quantitative estimate of drug-likeness (QED) is 0.632. The van der Waals surface area contributed by atoms with E-state index in [1.165, 1.54) is 0 Å². The summed E-state index contributed by atoms with van der Waals surface area (Å²) in [6, 6.07) is 14.2. The van der Waals surface area contributed by atoms with Gasteiger partial charge in [-0.2, -0.15) is 5.01 Å². The lowest BCUT2D eigenvalue weighted by atomic mass is 10.1. The van der Waals surface area contributed by atoms with Crippen LogP contribution in [0.5, 0.6) is 0 Å². The zero-order valence-electron chi connectivity index (χ0n) is 13.2. The zero-order valence-corrected chi connectivity index (χ0v) is 15.5. The summed E-state index contributed by atoms with van der Waals surface area (Å²) in [7, 11) is 0. The number of carbonyl (C=O) groups excluding carboxylic acids is 2. The fraction of sp³-hybridized carbons (Fsp3) is 0.0556. The molecule has 0 radical (unpaired) electrons. The number of aryl methyl sites for hydroxylation is 1. The van der Waals surface area contributed by atoms with Gasteiger partial charge in [0.2, 0.25) is 0 Å². The second-order valence-corrected chi connectivity index (χ2v) is 7.49. The molecule has 0 bridgehead atoms. The van der Waals surface area contributed by atoms with E-state index in [2.05, 4.69) is 5.43 Å². The predicted molar refractivity (Wildman–Crippen MR) is 105 cm³/mol. The maximum Gasteiger partial charge on any atom is 0.285 e. The SMILES string of the molecule is Cc1ccc(C(=O)NN2C(=O)C(=Cc3ccc(Cl)cc3)SC2=S)cc1. The highest BCUT2D eigenvalue weighted by molar-refractivity contribution is 8.26. The van der Waals surface area contributed by atoms with Crippen LogP contribution in [0.3, 0.4) is 0 Å². The third kappa shape index (κ3) is 4.10. The predicted octanol–water partition coefficient (Wildman–Crippen LogP) is 4.19. The molecule has 1 N–H and O–H groups in total. The van der Waals surface area contributed by atoms with Gasteiger partial charge in [-0.25, -0.2) is 0 Å². The van der Waals surface area contributed by atoms with Crippen molar-refractivity contribution in [1.82, 2.24) is 10.4 Å². The number of thiocarbonyl (C=S) groups is 1. The van der Waals surface area contributed by atoms with E-state index in [9.17, 15) is 9.59 Å². The van der Waals surface area contributed by atoms with Crippen molar-refractivity contribution in [3.63, 3.8) is 0 Å². The average Bonchev–Trinajstić information content (AvgIpc) is 2.85. The Hall–Kier alpha value is -2.15. The van der Waals surface area contributed by atoms with Gasteiger partial charge in [-0.1, -0.05) is 53.2 Å². The Morgan fingerprint density at radius 3 is 2.44 bits per heavy atom. The Bertz CT molecular complexity index is 877. The van der Waals surface area contributed by atoms with E-state index >= 15 is 0 Å². The van der Waals surface area contributed by atoms with Crippen LogP contribution in [0.25, 0.3) is 6.08 Å². The molecule has 2 aromatic rings. The zero-order chi connectivity index (χ0) is 18.0. The first-order chi connectivity index (χ1) is 11.9. The molecular formula is C18H13ClN2O2S2. The number of carbonyl (C=O) groups is 2. The maximum absolute atomic E-state index is 12.5. The van der Waals surface area contributed by atoms with Gasteiger partial charge >= 0.3 is 0 Å². The van der Waals surface area contributed by atoms with Gasteiger partial charge in [0.25, 0.3) is 11.8 Å². The Balaban J connectivity index is 1.76. The largest absolute Gasteiger partial charge is 0.285 e. The number of nitrogens with zero attached hydrogens (tertiary/aromatic N) is 1. The number of benzene rings is 2. The van der Waals surface area contributed by atoms with Crippen molar-refractivity contribution in [3.05, 3.63) is 75.1 Å². The molecule has 1 fully saturated rings. The van der Waals surface area contributed by atoms with Gasteiger partial charge in [-0.3, -0.25) is 15.0 Å². The fourth-order valence-corrected chi connectivity index (χ4v) is 3.45. The molecule has 1 aliphatic rings. The topological polar surface area (TPSA) is 49.4 Å². The van der Waals surface area contributed by atoms with Crippen LogP contribution in [-0.2, 0) is 4.79 Å². The van der Waals surface area contributed by atoms with Crippen molar-refractivity contribution in [2.75, 3.05) is 0 Å². The van der Waals surface area contributed by atoms with Crippen molar-refractivity contribution in [2.45, 2.75) is 6.92 Å². The number of rotatable bonds is 3. The molecule has 0 saturated carbocycles. The van der Waals surface area contributed by atoms with Crippen molar-refractivity contribution < 1.29 is 9.59 Å². The normalized spacial score (nSPS) is 15.8. The third-order valence-corrected chi connectivity index (χ3v) is 5.04. The van der Waals surface area contributed by atoms with Crippen molar-refractivity contribution in [3.8, 4) is 0 Å².